The first-order valence-electron chi connectivity index (χ1n) is 7.70. The first kappa shape index (κ1) is 17.6. The molecule has 4 heteroatoms. The second kappa shape index (κ2) is 7.68. The average Bonchev–Trinajstić information content (AvgIpc) is 2.65. The maximum atomic E-state index is 11.3. The van der Waals surface area contributed by atoms with Crippen LogP contribution in [0.1, 0.15) is 25.0 Å². The molecule has 0 fully saturated rings. The molecule has 2 aromatic carbocycles. The van der Waals surface area contributed by atoms with Gasteiger partial charge in [-0.25, -0.2) is 0 Å². The summed E-state index contributed by atoms with van der Waals surface area (Å²) in [7, 11) is 4.93. The number of ether oxygens (including phenoxy) is 2. The molecular weight excluding hydrogens is 302 g/mol. The maximum Gasteiger partial charge on any atom is 0.213 e. The van der Waals surface area contributed by atoms with Gasteiger partial charge < -0.3 is 14.4 Å². The first-order valence-corrected chi connectivity index (χ1v) is 7.70. The number of carbonyl (C=O) groups excluding carboxylic acids is 1. The van der Waals surface area contributed by atoms with Crippen molar-refractivity contribution in [3.05, 3.63) is 53.6 Å². The number of hydrogen-bond donors (Lipinski definition) is 0. The van der Waals surface area contributed by atoms with Crippen LogP contribution in [0.2, 0.25) is 0 Å². The minimum Gasteiger partial charge on any atom is -0.497 e. The predicted molar refractivity (Wildman–Crippen MR) is 98.6 cm³/mol. The fraction of sp³-hybridized carbons (Fsp3) is 0.250. The Kier molecular flexibility index (Phi) is 5.64. The molecule has 0 bridgehead atoms. The highest BCUT2D eigenvalue weighted by atomic mass is 16.5. The highest BCUT2D eigenvalue weighted by Crippen LogP contribution is 2.41. The Bertz CT molecular complexity index is 751. The summed E-state index contributed by atoms with van der Waals surface area (Å²) in [6.45, 7) is 4.10. The van der Waals surface area contributed by atoms with Gasteiger partial charge in [0.1, 0.15) is 11.5 Å². The number of amides is 1. The van der Waals surface area contributed by atoms with Crippen molar-refractivity contribution in [1.29, 1.82) is 0 Å². The Balaban J connectivity index is 2.73. The summed E-state index contributed by atoms with van der Waals surface area (Å²) in [5, 5.41) is 0. The molecule has 24 heavy (non-hydrogen) atoms. The maximum absolute atomic E-state index is 11.3. The Morgan fingerprint density at radius 2 is 1.67 bits per heavy atom. The van der Waals surface area contributed by atoms with E-state index in [2.05, 4.69) is 19.1 Å². The molecule has 126 valence electrons. The van der Waals surface area contributed by atoms with Crippen molar-refractivity contribution >= 4 is 23.2 Å². The van der Waals surface area contributed by atoms with E-state index in [0.717, 1.165) is 34.4 Å². The number of allylic oxidation sites excluding steroid dienone is 2. The Hall–Kier alpha value is -2.75. The van der Waals surface area contributed by atoms with Gasteiger partial charge in [0.15, 0.2) is 0 Å². The highest BCUT2D eigenvalue weighted by Gasteiger charge is 2.18. The molecule has 2 rings (SSSR count). The van der Waals surface area contributed by atoms with Crippen molar-refractivity contribution in [1.82, 2.24) is 0 Å². The van der Waals surface area contributed by atoms with Gasteiger partial charge in [-0.2, -0.15) is 0 Å². The van der Waals surface area contributed by atoms with Crippen LogP contribution >= 0.6 is 0 Å². The van der Waals surface area contributed by atoms with Crippen LogP contribution < -0.4 is 14.4 Å². The zero-order valence-corrected chi connectivity index (χ0v) is 14.8. The number of rotatable bonds is 6. The minimum absolute atomic E-state index is 0.643. The SMILES string of the molecule is COc1cc(OC)c(/C(C)=C(\C)c2ccccc2)c(N(C)C=O)c1. The van der Waals surface area contributed by atoms with E-state index in [9.17, 15) is 4.79 Å². The third-order valence-corrected chi connectivity index (χ3v) is 4.19. The van der Waals surface area contributed by atoms with Crippen LogP contribution in [-0.2, 0) is 4.79 Å². The van der Waals surface area contributed by atoms with Crippen LogP contribution in [0.3, 0.4) is 0 Å². The van der Waals surface area contributed by atoms with Crippen LogP contribution in [0.25, 0.3) is 11.1 Å². The molecular formula is C20H23NO3. The van der Waals surface area contributed by atoms with Gasteiger partial charge in [0.25, 0.3) is 0 Å². The van der Waals surface area contributed by atoms with E-state index < -0.39 is 0 Å². The molecule has 0 aliphatic rings. The Labute approximate surface area is 143 Å². The van der Waals surface area contributed by atoms with Crippen LogP contribution in [-0.4, -0.2) is 27.7 Å². The topological polar surface area (TPSA) is 38.8 Å². The molecule has 0 heterocycles. The smallest absolute Gasteiger partial charge is 0.213 e. The van der Waals surface area contributed by atoms with E-state index in [0.29, 0.717) is 11.5 Å². The molecule has 1 amide bonds. The summed E-state index contributed by atoms with van der Waals surface area (Å²) < 4.78 is 10.9. The average molecular weight is 325 g/mol. The van der Waals surface area contributed by atoms with Crippen molar-refractivity contribution < 1.29 is 14.3 Å². The van der Waals surface area contributed by atoms with Crippen molar-refractivity contribution in [2.45, 2.75) is 13.8 Å². The summed E-state index contributed by atoms with van der Waals surface area (Å²) in [5.74, 6) is 1.32. The van der Waals surface area contributed by atoms with Crippen LogP contribution in [0.5, 0.6) is 11.5 Å². The summed E-state index contributed by atoms with van der Waals surface area (Å²) in [5.41, 5.74) is 4.93. The van der Waals surface area contributed by atoms with Gasteiger partial charge in [0.2, 0.25) is 6.41 Å². The van der Waals surface area contributed by atoms with Crippen LogP contribution in [0.4, 0.5) is 5.69 Å². The third-order valence-electron chi connectivity index (χ3n) is 4.19. The molecule has 0 N–H and O–H groups in total. The molecule has 0 aliphatic heterocycles. The second-order valence-corrected chi connectivity index (χ2v) is 5.56. The van der Waals surface area contributed by atoms with Gasteiger partial charge >= 0.3 is 0 Å². The van der Waals surface area contributed by atoms with Crippen molar-refractivity contribution in [3.63, 3.8) is 0 Å². The number of benzene rings is 2. The van der Waals surface area contributed by atoms with Gasteiger partial charge in [-0.3, -0.25) is 4.79 Å². The lowest BCUT2D eigenvalue weighted by Gasteiger charge is -2.22. The molecule has 0 saturated heterocycles. The quantitative estimate of drug-likeness (QED) is 0.589. The molecule has 0 aromatic heterocycles. The van der Waals surface area contributed by atoms with E-state index in [-0.39, 0.29) is 0 Å². The zero-order valence-electron chi connectivity index (χ0n) is 14.8. The van der Waals surface area contributed by atoms with Gasteiger partial charge in [-0.15, -0.1) is 0 Å². The largest absolute Gasteiger partial charge is 0.497 e. The van der Waals surface area contributed by atoms with Crippen LogP contribution in [0.15, 0.2) is 42.5 Å². The van der Waals surface area contributed by atoms with E-state index in [1.165, 1.54) is 4.90 Å². The number of nitrogens with zero attached hydrogens (tertiary/aromatic N) is 1. The molecule has 0 aliphatic carbocycles. The number of anilines is 1. The molecule has 0 radical (unpaired) electrons. The standard InChI is InChI=1S/C20H23NO3/c1-14(16-9-7-6-8-10-16)15(2)20-18(21(3)13-22)11-17(23-4)12-19(20)24-5/h6-13H,1-5H3/b15-14+. The summed E-state index contributed by atoms with van der Waals surface area (Å²) in [6.07, 6.45) is 0.781. The molecule has 0 atom stereocenters. The van der Waals surface area contributed by atoms with E-state index in [1.54, 1.807) is 21.3 Å². The lowest BCUT2D eigenvalue weighted by atomic mass is 9.94. The molecule has 0 spiro atoms. The van der Waals surface area contributed by atoms with Gasteiger partial charge in [-0.05, 0) is 30.6 Å². The molecule has 0 saturated carbocycles. The zero-order chi connectivity index (χ0) is 17.7. The Morgan fingerprint density at radius 1 is 1.00 bits per heavy atom. The van der Waals surface area contributed by atoms with E-state index in [4.69, 9.17) is 9.47 Å². The molecule has 0 unspecified atom stereocenters. The van der Waals surface area contributed by atoms with Gasteiger partial charge in [-0.1, -0.05) is 30.3 Å². The van der Waals surface area contributed by atoms with E-state index >= 15 is 0 Å². The molecule has 4 nitrogen and oxygen atoms in total. The second-order valence-electron chi connectivity index (χ2n) is 5.56. The van der Waals surface area contributed by atoms with Gasteiger partial charge in [0, 0.05) is 24.7 Å². The number of hydrogen-bond acceptors (Lipinski definition) is 3. The third kappa shape index (κ3) is 3.43. The normalized spacial score (nSPS) is 11.5. The van der Waals surface area contributed by atoms with Crippen molar-refractivity contribution in [3.8, 4) is 11.5 Å². The lowest BCUT2D eigenvalue weighted by Crippen LogP contribution is -2.16. The lowest BCUT2D eigenvalue weighted by molar-refractivity contribution is -0.107. The monoisotopic (exact) mass is 325 g/mol. The Morgan fingerprint density at radius 3 is 2.21 bits per heavy atom. The van der Waals surface area contributed by atoms with Crippen molar-refractivity contribution in [2.24, 2.45) is 0 Å². The summed E-state index contributed by atoms with van der Waals surface area (Å²) in [6, 6.07) is 13.8. The first-order chi connectivity index (χ1) is 11.5. The van der Waals surface area contributed by atoms with Crippen LogP contribution in [0, 0.1) is 0 Å². The highest BCUT2D eigenvalue weighted by molar-refractivity contribution is 5.97. The van der Waals surface area contributed by atoms with Crippen molar-refractivity contribution in [2.75, 3.05) is 26.2 Å². The number of methoxy groups -OCH3 is 2. The fourth-order valence-electron chi connectivity index (χ4n) is 2.66. The fourth-order valence-corrected chi connectivity index (χ4v) is 2.66. The summed E-state index contributed by atoms with van der Waals surface area (Å²) in [4.78, 5) is 12.9. The van der Waals surface area contributed by atoms with E-state index in [1.807, 2.05) is 37.3 Å². The minimum atomic E-state index is 0.643. The molecule has 2 aromatic rings. The number of carbonyl (C=O) groups is 1. The van der Waals surface area contributed by atoms with Gasteiger partial charge in [0.05, 0.1) is 19.9 Å². The predicted octanol–water partition coefficient (Wildman–Crippen LogP) is 4.25. The summed E-state index contributed by atoms with van der Waals surface area (Å²) >= 11 is 0.